The molecular formula is C21H26N6O2. The summed E-state index contributed by atoms with van der Waals surface area (Å²) in [5.41, 5.74) is 0.958. The van der Waals surface area contributed by atoms with Crippen molar-refractivity contribution in [3.05, 3.63) is 54.7 Å². The second-order valence-corrected chi connectivity index (χ2v) is 7.27. The second-order valence-electron chi connectivity index (χ2n) is 7.27. The minimum atomic E-state index is -0.375. The van der Waals surface area contributed by atoms with E-state index in [9.17, 15) is 5.11 Å². The van der Waals surface area contributed by atoms with Crippen LogP contribution in [0.2, 0.25) is 0 Å². The smallest absolute Gasteiger partial charge is 0.226 e. The highest BCUT2D eigenvalue weighted by Gasteiger charge is 2.32. The van der Waals surface area contributed by atoms with Crippen molar-refractivity contribution in [3.8, 4) is 11.5 Å². The monoisotopic (exact) mass is 394 g/mol. The van der Waals surface area contributed by atoms with Crippen LogP contribution in [0.1, 0.15) is 25.1 Å². The average Bonchev–Trinajstić information content (AvgIpc) is 3.40. The second kappa shape index (κ2) is 8.59. The van der Waals surface area contributed by atoms with E-state index in [1.165, 1.54) is 0 Å². The van der Waals surface area contributed by atoms with Gasteiger partial charge in [0.1, 0.15) is 23.7 Å². The number of hydrogen-bond donors (Lipinski definition) is 3. The molecule has 0 spiro atoms. The van der Waals surface area contributed by atoms with Crippen molar-refractivity contribution in [1.29, 1.82) is 0 Å². The molecule has 3 aromatic rings. The van der Waals surface area contributed by atoms with E-state index >= 15 is 0 Å². The minimum absolute atomic E-state index is 0.00202. The lowest BCUT2D eigenvalue weighted by atomic mass is 10.1. The predicted molar refractivity (Wildman–Crippen MR) is 112 cm³/mol. The predicted octanol–water partition coefficient (Wildman–Crippen LogP) is 2.46. The topological polar surface area (TPSA) is 99.3 Å². The first-order valence-corrected chi connectivity index (χ1v) is 9.83. The van der Waals surface area contributed by atoms with E-state index in [1.807, 2.05) is 43.4 Å². The summed E-state index contributed by atoms with van der Waals surface area (Å²) >= 11 is 0. The molecule has 3 N–H and O–H groups in total. The third-order valence-electron chi connectivity index (χ3n) is 5.23. The van der Waals surface area contributed by atoms with E-state index in [2.05, 4.69) is 37.4 Å². The van der Waals surface area contributed by atoms with E-state index in [4.69, 9.17) is 4.42 Å². The molecule has 1 fully saturated rings. The van der Waals surface area contributed by atoms with E-state index < -0.39 is 0 Å². The Kier molecular flexibility index (Phi) is 5.73. The zero-order chi connectivity index (χ0) is 20.2. The van der Waals surface area contributed by atoms with E-state index in [0.717, 1.165) is 23.0 Å². The van der Waals surface area contributed by atoms with Gasteiger partial charge in [0, 0.05) is 37.8 Å². The summed E-state index contributed by atoms with van der Waals surface area (Å²) in [6.45, 7) is 3.30. The van der Waals surface area contributed by atoms with E-state index in [0.29, 0.717) is 25.4 Å². The standard InChI is InChI=1S/C21H26N6O2/c1-14(18-11-24-21(29-18)15-6-4-3-5-7-15)23-10-16-8-17(28)12-27(16)20-9-19(22-2)25-13-26-20/h3-7,9,11,13-14,16-17,23,28H,8,10,12H2,1-2H3,(H,22,25,26)/t14?,16-,17-/m1/s1. The molecule has 152 valence electrons. The molecular weight excluding hydrogens is 368 g/mol. The number of anilines is 2. The van der Waals surface area contributed by atoms with Crippen molar-refractivity contribution >= 4 is 11.6 Å². The van der Waals surface area contributed by atoms with Crippen LogP contribution in [0.4, 0.5) is 11.6 Å². The van der Waals surface area contributed by atoms with Gasteiger partial charge in [-0.15, -0.1) is 0 Å². The molecule has 2 aromatic heterocycles. The van der Waals surface area contributed by atoms with Gasteiger partial charge in [0.25, 0.3) is 0 Å². The van der Waals surface area contributed by atoms with Crippen LogP contribution >= 0.6 is 0 Å². The first-order chi connectivity index (χ1) is 14.1. The molecule has 1 aliphatic rings. The van der Waals surface area contributed by atoms with Crippen molar-refractivity contribution in [2.45, 2.75) is 31.5 Å². The Bertz CT molecular complexity index is 932. The van der Waals surface area contributed by atoms with Gasteiger partial charge < -0.3 is 25.1 Å². The number of nitrogens with one attached hydrogen (secondary N) is 2. The van der Waals surface area contributed by atoms with Crippen molar-refractivity contribution in [2.75, 3.05) is 30.4 Å². The maximum absolute atomic E-state index is 10.2. The molecule has 1 saturated heterocycles. The zero-order valence-corrected chi connectivity index (χ0v) is 16.6. The van der Waals surface area contributed by atoms with Crippen LogP contribution < -0.4 is 15.5 Å². The van der Waals surface area contributed by atoms with Gasteiger partial charge in [-0.05, 0) is 25.5 Å². The van der Waals surface area contributed by atoms with E-state index in [1.54, 1.807) is 12.5 Å². The first kappa shape index (κ1) is 19.4. The molecule has 3 heterocycles. The van der Waals surface area contributed by atoms with Crippen LogP contribution in [-0.2, 0) is 0 Å². The van der Waals surface area contributed by atoms with Gasteiger partial charge >= 0.3 is 0 Å². The number of rotatable bonds is 7. The first-order valence-electron chi connectivity index (χ1n) is 9.83. The number of oxazole rings is 1. The van der Waals surface area contributed by atoms with Crippen molar-refractivity contribution in [1.82, 2.24) is 20.3 Å². The number of aliphatic hydroxyl groups is 1. The fraction of sp³-hybridized carbons (Fsp3) is 0.381. The lowest BCUT2D eigenvalue weighted by Gasteiger charge is -2.26. The molecule has 29 heavy (non-hydrogen) atoms. The van der Waals surface area contributed by atoms with Gasteiger partial charge in [-0.25, -0.2) is 15.0 Å². The molecule has 4 rings (SSSR count). The largest absolute Gasteiger partial charge is 0.440 e. The molecule has 0 saturated carbocycles. The quantitative estimate of drug-likeness (QED) is 0.562. The number of aromatic nitrogens is 3. The third kappa shape index (κ3) is 4.38. The fourth-order valence-corrected chi connectivity index (χ4v) is 3.62. The lowest BCUT2D eigenvalue weighted by molar-refractivity contribution is 0.193. The van der Waals surface area contributed by atoms with Gasteiger partial charge in [0.2, 0.25) is 5.89 Å². The van der Waals surface area contributed by atoms with Gasteiger partial charge in [0.05, 0.1) is 18.3 Å². The Morgan fingerprint density at radius 3 is 2.86 bits per heavy atom. The van der Waals surface area contributed by atoms with Crippen LogP contribution in [0.25, 0.3) is 11.5 Å². The van der Waals surface area contributed by atoms with Gasteiger partial charge in [-0.1, -0.05) is 18.2 Å². The number of β-amino-alcohol motifs (C(OH)–C–C–N with tert-alkyl or cyclic N) is 1. The van der Waals surface area contributed by atoms with Crippen LogP contribution in [0, 0.1) is 0 Å². The molecule has 1 aromatic carbocycles. The minimum Gasteiger partial charge on any atom is -0.440 e. The number of hydrogen-bond acceptors (Lipinski definition) is 8. The molecule has 8 nitrogen and oxygen atoms in total. The molecule has 0 radical (unpaired) electrons. The van der Waals surface area contributed by atoms with Crippen LogP contribution in [0.15, 0.2) is 53.3 Å². The summed E-state index contributed by atoms with van der Waals surface area (Å²) in [4.78, 5) is 15.1. The summed E-state index contributed by atoms with van der Waals surface area (Å²) in [6, 6.07) is 11.9. The van der Waals surface area contributed by atoms with Gasteiger partial charge in [0.15, 0.2) is 0 Å². The Balaban J connectivity index is 1.41. The molecule has 1 unspecified atom stereocenters. The maximum Gasteiger partial charge on any atom is 0.226 e. The maximum atomic E-state index is 10.2. The van der Waals surface area contributed by atoms with Crippen LogP contribution in [-0.4, -0.2) is 52.3 Å². The molecule has 1 aliphatic heterocycles. The molecule has 8 heteroatoms. The average molecular weight is 394 g/mol. The zero-order valence-electron chi connectivity index (χ0n) is 16.6. The highest BCUT2D eigenvalue weighted by Crippen LogP contribution is 2.26. The molecule has 0 aliphatic carbocycles. The highest BCUT2D eigenvalue weighted by molar-refractivity contribution is 5.52. The van der Waals surface area contributed by atoms with E-state index in [-0.39, 0.29) is 18.2 Å². The normalized spacial score (nSPS) is 20.0. The summed E-state index contributed by atoms with van der Waals surface area (Å²) in [5.74, 6) is 2.97. The number of benzene rings is 1. The van der Waals surface area contributed by atoms with Crippen LogP contribution in [0.3, 0.4) is 0 Å². The Morgan fingerprint density at radius 1 is 1.24 bits per heavy atom. The number of aliphatic hydroxyl groups excluding tert-OH is 1. The van der Waals surface area contributed by atoms with Gasteiger partial charge in [-0.3, -0.25) is 0 Å². The SMILES string of the molecule is CNc1cc(N2C[C@H](O)C[C@@H]2CNC(C)c2cnc(-c3ccccc3)o2)ncn1. The number of nitrogens with zero attached hydrogens (tertiary/aromatic N) is 4. The Hall–Kier alpha value is -2.97. The molecule has 0 bridgehead atoms. The summed E-state index contributed by atoms with van der Waals surface area (Å²) < 4.78 is 5.94. The van der Waals surface area contributed by atoms with Crippen molar-refractivity contribution in [3.63, 3.8) is 0 Å². The Morgan fingerprint density at radius 2 is 2.07 bits per heavy atom. The van der Waals surface area contributed by atoms with Crippen molar-refractivity contribution < 1.29 is 9.52 Å². The Labute approximate surface area is 170 Å². The summed E-state index contributed by atoms with van der Waals surface area (Å²) in [7, 11) is 1.83. The van der Waals surface area contributed by atoms with Crippen molar-refractivity contribution in [2.24, 2.45) is 0 Å². The lowest BCUT2D eigenvalue weighted by Crippen LogP contribution is -2.39. The summed E-state index contributed by atoms with van der Waals surface area (Å²) in [6.07, 6.45) is 3.62. The highest BCUT2D eigenvalue weighted by atomic mass is 16.4. The summed E-state index contributed by atoms with van der Waals surface area (Å²) in [5, 5.41) is 16.8. The third-order valence-corrected chi connectivity index (χ3v) is 5.23. The fourth-order valence-electron chi connectivity index (χ4n) is 3.62. The van der Waals surface area contributed by atoms with Gasteiger partial charge in [-0.2, -0.15) is 0 Å². The van der Waals surface area contributed by atoms with Crippen LogP contribution in [0.5, 0.6) is 0 Å². The molecule has 3 atom stereocenters. The molecule has 0 amide bonds.